The number of carbonyl (C=O) groups excluding carboxylic acids is 1. The average Bonchev–Trinajstić information content (AvgIpc) is 3.09. The van der Waals surface area contributed by atoms with Crippen LogP contribution in [0.25, 0.3) is 0 Å². The second-order valence-electron chi connectivity index (χ2n) is 5.03. The zero-order chi connectivity index (χ0) is 13.9. The number of amides is 1. The van der Waals surface area contributed by atoms with E-state index in [9.17, 15) is 9.18 Å². The van der Waals surface area contributed by atoms with Gasteiger partial charge in [-0.1, -0.05) is 12.1 Å². The average molecular weight is 273 g/mol. The largest absolute Gasteiger partial charge is 0.347 e. The lowest BCUT2D eigenvalue weighted by Gasteiger charge is -2.23. The fraction of sp³-hybridized carbons (Fsp3) is 0.333. The van der Waals surface area contributed by atoms with Gasteiger partial charge in [-0.15, -0.1) is 0 Å². The predicted octanol–water partition coefficient (Wildman–Crippen LogP) is 2.46. The van der Waals surface area contributed by atoms with Gasteiger partial charge < -0.3 is 9.88 Å². The number of aromatic amines is 1. The minimum Gasteiger partial charge on any atom is -0.347 e. The molecule has 1 atom stereocenters. The first kappa shape index (κ1) is 12.8. The maximum atomic E-state index is 13.2. The van der Waals surface area contributed by atoms with Crippen LogP contribution in [0.1, 0.15) is 30.3 Å². The molecule has 1 aromatic heterocycles. The third kappa shape index (κ3) is 2.57. The Morgan fingerprint density at radius 3 is 3.15 bits per heavy atom. The van der Waals surface area contributed by atoms with Gasteiger partial charge in [0, 0.05) is 18.9 Å². The molecule has 1 aliphatic rings. The number of halogens is 1. The minimum atomic E-state index is -0.306. The standard InChI is InChI=1S/C15H16FN3O/c16-12-4-1-3-11(9-12)10-14(20)19-8-2-5-13(19)15-17-6-7-18-15/h1,3-4,6-7,9,13H,2,5,8,10H2,(H,17,18)/t13-/m1/s1. The molecule has 1 N–H and O–H groups in total. The smallest absolute Gasteiger partial charge is 0.227 e. The van der Waals surface area contributed by atoms with E-state index in [0.717, 1.165) is 25.2 Å². The Kier molecular flexibility index (Phi) is 3.50. The highest BCUT2D eigenvalue weighted by atomic mass is 19.1. The molecule has 1 fully saturated rings. The first-order chi connectivity index (χ1) is 9.74. The molecule has 5 heteroatoms. The topological polar surface area (TPSA) is 49.0 Å². The maximum absolute atomic E-state index is 13.2. The molecule has 3 rings (SSSR count). The van der Waals surface area contributed by atoms with Crippen LogP contribution in [0.3, 0.4) is 0 Å². The lowest BCUT2D eigenvalue weighted by atomic mass is 10.1. The number of nitrogens with one attached hydrogen (secondary N) is 1. The summed E-state index contributed by atoms with van der Waals surface area (Å²) in [5, 5.41) is 0. The summed E-state index contributed by atoms with van der Waals surface area (Å²) < 4.78 is 13.2. The number of benzene rings is 1. The Morgan fingerprint density at radius 2 is 2.40 bits per heavy atom. The summed E-state index contributed by atoms with van der Waals surface area (Å²) in [5.74, 6) is 0.545. The molecule has 0 spiro atoms. The van der Waals surface area contributed by atoms with E-state index >= 15 is 0 Å². The van der Waals surface area contributed by atoms with E-state index < -0.39 is 0 Å². The van der Waals surface area contributed by atoms with Gasteiger partial charge in [0.2, 0.25) is 5.91 Å². The summed E-state index contributed by atoms with van der Waals surface area (Å²) in [6.07, 6.45) is 5.59. The summed E-state index contributed by atoms with van der Waals surface area (Å²) in [6, 6.07) is 6.22. The van der Waals surface area contributed by atoms with Crippen molar-refractivity contribution in [2.24, 2.45) is 0 Å². The zero-order valence-electron chi connectivity index (χ0n) is 11.1. The van der Waals surface area contributed by atoms with E-state index in [1.807, 2.05) is 4.90 Å². The summed E-state index contributed by atoms with van der Waals surface area (Å²) in [4.78, 5) is 21.5. The third-order valence-electron chi connectivity index (χ3n) is 3.65. The number of carbonyl (C=O) groups is 1. The van der Waals surface area contributed by atoms with Crippen molar-refractivity contribution in [3.05, 3.63) is 53.9 Å². The molecule has 0 bridgehead atoms. The van der Waals surface area contributed by atoms with E-state index in [2.05, 4.69) is 9.97 Å². The van der Waals surface area contributed by atoms with Crippen molar-refractivity contribution < 1.29 is 9.18 Å². The Morgan fingerprint density at radius 1 is 1.50 bits per heavy atom. The minimum absolute atomic E-state index is 0.0195. The highest BCUT2D eigenvalue weighted by Crippen LogP contribution is 2.30. The molecule has 20 heavy (non-hydrogen) atoms. The molecule has 4 nitrogen and oxygen atoms in total. The van der Waals surface area contributed by atoms with E-state index in [0.29, 0.717) is 5.56 Å². The Bertz CT molecular complexity index is 597. The van der Waals surface area contributed by atoms with Crippen LogP contribution in [0, 0.1) is 5.82 Å². The molecule has 1 aliphatic heterocycles. The van der Waals surface area contributed by atoms with E-state index in [1.165, 1.54) is 12.1 Å². The number of hydrogen-bond acceptors (Lipinski definition) is 2. The summed E-state index contributed by atoms with van der Waals surface area (Å²) >= 11 is 0. The molecule has 0 unspecified atom stereocenters. The van der Waals surface area contributed by atoms with E-state index in [4.69, 9.17) is 0 Å². The monoisotopic (exact) mass is 273 g/mol. The number of aromatic nitrogens is 2. The molecule has 0 radical (unpaired) electrons. The number of H-pyrrole nitrogens is 1. The van der Waals surface area contributed by atoms with Crippen molar-refractivity contribution in [3.63, 3.8) is 0 Å². The van der Waals surface area contributed by atoms with Gasteiger partial charge in [-0.3, -0.25) is 4.79 Å². The molecule has 2 aromatic rings. The normalized spacial score (nSPS) is 18.4. The fourth-order valence-corrected chi connectivity index (χ4v) is 2.73. The van der Waals surface area contributed by atoms with Gasteiger partial charge in [0.25, 0.3) is 0 Å². The van der Waals surface area contributed by atoms with Crippen LogP contribution in [0.5, 0.6) is 0 Å². The summed E-state index contributed by atoms with van der Waals surface area (Å²) in [5.41, 5.74) is 0.708. The predicted molar refractivity (Wildman–Crippen MR) is 72.4 cm³/mol. The Hall–Kier alpha value is -2.17. The molecule has 2 heterocycles. The maximum Gasteiger partial charge on any atom is 0.227 e. The molecule has 0 saturated carbocycles. The van der Waals surface area contributed by atoms with Crippen molar-refractivity contribution in [2.75, 3.05) is 6.54 Å². The van der Waals surface area contributed by atoms with E-state index in [-0.39, 0.29) is 24.2 Å². The van der Waals surface area contributed by atoms with Crippen LogP contribution in [0.15, 0.2) is 36.7 Å². The van der Waals surface area contributed by atoms with Gasteiger partial charge in [0.1, 0.15) is 11.6 Å². The van der Waals surface area contributed by atoms with Crippen molar-refractivity contribution in [1.29, 1.82) is 0 Å². The molecular weight excluding hydrogens is 257 g/mol. The highest BCUT2D eigenvalue weighted by Gasteiger charge is 2.31. The van der Waals surface area contributed by atoms with Crippen LogP contribution in [-0.4, -0.2) is 27.3 Å². The third-order valence-corrected chi connectivity index (χ3v) is 3.65. The van der Waals surface area contributed by atoms with Gasteiger partial charge in [0.05, 0.1) is 12.5 Å². The van der Waals surface area contributed by atoms with Crippen LogP contribution in [0.4, 0.5) is 4.39 Å². The first-order valence-corrected chi connectivity index (χ1v) is 6.77. The Balaban J connectivity index is 1.73. The molecule has 1 saturated heterocycles. The van der Waals surface area contributed by atoms with Crippen molar-refractivity contribution in [3.8, 4) is 0 Å². The van der Waals surface area contributed by atoms with Crippen molar-refractivity contribution in [1.82, 2.24) is 14.9 Å². The number of imidazole rings is 1. The lowest BCUT2D eigenvalue weighted by Crippen LogP contribution is -2.32. The van der Waals surface area contributed by atoms with Gasteiger partial charge in [-0.05, 0) is 30.5 Å². The zero-order valence-corrected chi connectivity index (χ0v) is 11.1. The molecule has 0 aliphatic carbocycles. The lowest BCUT2D eigenvalue weighted by molar-refractivity contribution is -0.131. The van der Waals surface area contributed by atoms with Gasteiger partial charge >= 0.3 is 0 Å². The van der Waals surface area contributed by atoms with Crippen LogP contribution >= 0.6 is 0 Å². The second-order valence-corrected chi connectivity index (χ2v) is 5.03. The first-order valence-electron chi connectivity index (χ1n) is 6.77. The fourth-order valence-electron chi connectivity index (χ4n) is 2.73. The van der Waals surface area contributed by atoms with Crippen molar-refractivity contribution in [2.45, 2.75) is 25.3 Å². The highest BCUT2D eigenvalue weighted by molar-refractivity contribution is 5.79. The molecule has 1 amide bonds. The Labute approximate surface area is 116 Å². The van der Waals surface area contributed by atoms with Crippen LogP contribution < -0.4 is 0 Å². The van der Waals surface area contributed by atoms with Gasteiger partial charge in [0.15, 0.2) is 0 Å². The SMILES string of the molecule is O=C(Cc1cccc(F)c1)N1CCC[C@@H]1c1ncc[nH]1. The number of hydrogen-bond donors (Lipinski definition) is 1. The van der Waals surface area contributed by atoms with Gasteiger partial charge in [-0.25, -0.2) is 9.37 Å². The molecule has 104 valence electrons. The van der Waals surface area contributed by atoms with Crippen molar-refractivity contribution >= 4 is 5.91 Å². The summed E-state index contributed by atoms with van der Waals surface area (Å²) in [6.45, 7) is 0.736. The molecule has 1 aromatic carbocycles. The quantitative estimate of drug-likeness (QED) is 0.933. The molecular formula is C15H16FN3O. The van der Waals surface area contributed by atoms with Crippen LogP contribution in [0.2, 0.25) is 0 Å². The number of likely N-dealkylation sites (tertiary alicyclic amines) is 1. The summed E-state index contributed by atoms with van der Waals surface area (Å²) in [7, 11) is 0. The van der Waals surface area contributed by atoms with E-state index in [1.54, 1.807) is 24.5 Å². The number of rotatable bonds is 3. The second kappa shape index (κ2) is 5.45. The van der Waals surface area contributed by atoms with Crippen LogP contribution in [-0.2, 0) is 11.2 Å². The van der Waals surface area contributed by atoms with Gasteiger partial charge in [-0.2, -0.15) is 0 Å². The number of nitrogens with zero attached hydrogens (tertiary/aromatic N) is 2.